The highest BCUT2D eigenvalue weighted by atomic mass is 79.9. The van der Waals surface area contributed by atoms with Crippen molar-refractivity contribution in [1.82, 2.24) is 9.55 Å². The molecule has 0 amide bonds. The first-order valence-electron chi connectivity index (χ1n) is 6.09. The van der Waals surface area contributed by atoms with E-state index in [4.69, 9.17) is 0 Å². The first kappa shape index (κ1) is 15.8. The van der Waals surface area contributed by atoms with Crippen molar-refractivity contribution >= 4 is 32.9 Å². The topological polar surface area (TPSA) is 64.3 Å². The van der Waals surface area contributed by atoms with E-state index in [0.29, 0.717) is 9.99 Å². The summed E-state index contributed by atoms with van der Waals surface area (Å²) in [6.07, 6.45) is -2.79. The van der Waals surface area contributed by atoms with Crippen molar-refractivity contribution in [3.63, 3.8) is 0 Å². The Morgan fingerprint density at radius 3 is 2.71 bits per heavy atom. The predicted molar refractivity (Wildman–Crippen MR) is 75.5 cm³/mol. The van der Waals surface area contributed by atoms with Gasteiger partial charge in [-0.3, -0.25) is 0 Å². The third kappa shape index (κ3) is 2.77. The number of aromatic nitrogens is 2. The molecular formula is C13H13BrF2N2O3. The number of halogens is 3. The molecule has 1 aromatic heterocycles. The maximum absolute atomic E-state index is 13.1. The van der Waals surface area contributed by atoms with Gasteiger partial charge < -0.3 is 14.4 Å². The Balaban J connectivity index is 2.76. The van der Waals surface area contributed by atoms with E-state index in [1.807, 2.05) is 0 Å². The predicted octanol–water partition coefficient (Wildman–Crippen LogP) is 3.08. The molecule has 2 rings (SSSR count). The molecule has 0 bridgehead atoms. The van der Waals surface area contributed by atoms with E-state index in [9.17, 15) is 18.7 Å². The summed E-state index contributed by atoms with van der Waals surface area (Å²) in [6.45, 7) is 1.30. The molecule has 0 aliphatic rings. The molecule has 1 heterocycles. The van der Waals surface area contributed by atoms with Crippen LogP contribution >= 0.6 is 15.9 Å². The highest BCUT2D eigenvalue weighted by molar-refractivity contribution is 9.10. The normalized spacial score (nSPS) is 12.9. The number of alkyl halides is 2. The van der Waals surface area contributed by atoms with Crippen LogP contribution in [0.1, 0.15) is 35.6 Å². The van der Waals surface area contributed by atoms with Gasteiger partial charge in [-0.15, -0.1) is 0 Å². The maximum atomic E-state index is 13.1. The zero-order valence-corrected chi connectivity index (χ0v) is 12.9. The van der Waals surface area contributed by atoms with E-state index in [1.165, 1.54) is 23.8 Å². The molecule has 114 valence electrons. The quantitative estimate of drug-likeness (QED) is 0.848. The molecule has 1 aromatic carbocycles. The summed E-state index contributed by atoms with van der Waals surface area (Å²) in [5.74, 6) is -1.03. The molecule has 1 N–H and O–H groups in total. The number of hydrogen-bond donors (Lipinski definition) is 1. The second-order valence-corrected chi connectivity index (χ2v) is 5.34. The fraction of sp³-hybridized carbons (Fsp3) is 0.385. The number of benzene rings is 1. The largest absolute Gasteiger partial charge is 0.465 e. The van der Waals surface area contributed by atoms with Crippen LogP contribution in [0.3, 0.4) is 0 Å². The number of ether oxygens (including phenoxy) is 1. The lowest BCUT2D eigenvalue weighted by molar-refractivity contribution is 0.0601. The van der Waals surface area contributed by atoms with Crippen LogP contribution in [-0.4, -0.2) is 34.3 Å². The van der Waals surface area contributed by atoms with E-state index >= 15 is 0 Å². The molecule has 1 atom stereocenters. The lowest BCUT2D eigenvalue weighted by Gasteiger charge is -2.15. The molecule has 1 unspecified atom stereocenters. The van der Waals surface area contributed by atoms with Crippen LogP contribution in [0.5, 0.6) is 0 Å². The average molecular weight is 363 g/mol. The SMILES string of the molecule is COC(=O)c1cc(Br)c2c(c1)nc(C(F)F)n2C(C)CO. The van der Waals surface area contributed by atoms with Crippen LogP contribution in [0.15, 0.2) is 16.6 Å². The van der Waals surface area contributed by atoms with Gasteiger partial charge in [0, 0.05) is 4.47 Å². The van der Waals surface area contributed by atoms with Gasteiger partial charge in [0.05, 0.1) is 36.4 Å². The van der Waals surface area contributed by atoms with Gasteiger partial charge >= 0.3 is 5.97 Å². The maximum Gasteiger partial charge on any atom is 0.337 e. The van der Waals surface area contributed by atoms with Gasteiger partial charge in [-0.25, -0.2) is 18.6 Å². The zero-order chi connectivity index (χ0) is 15.7. The van der Waals surface area contributed by atoms with Gasteiger partial charge in [-0.2, -0.15) is 0 Å². The monoisotopic (exact) mass is 362 g/mol. The molecule has 0 spiro atoms. The lowest BCUT2D eigenvalue weighted by Crippen LogP contribution is -2.13. The first-order chi connectivity index (χ1) is 9.90. The number of aliphatic hydroxyl groups excluding tert-OH is 1. The zero-order valence-electron chi connectivity index (χ0n) is 11.3. The molecule has 8 heteroatoms. The summed E-state index contributed by atoms with van der Waals surface area (Å²) in [5.41, 5.74) is 0.846. The molecule has 0 saturated carbocycles. The van der Waals surface area contributed by atoms with Crippen molar-refractivity contribution in [3.05, 3.63) is 28.0 Å². The standard InChI is InChI=1S/C13H13BrF2N2O3/c1-6(5-19)18-10-8(14)3-7(13(20)21-2)4-9(10)17-12(18)11(15)16/h3-4,6,11,19H,5H2,1-2H3. The van der Waals surface area contributed by atoms with Crippen molar-refractivity contribution in [1.29, 1.82) is 0 Å². The Bertz CT molecular complexity index is 688. The summed E-state index contributed by atoms with van der Waals surface area (Å²) in [4.78, 5) is 15.4. The van der Waals surface area contributed by atoms with Gasteiger partial charge in [0.15, 0.2) is 5.82 Å². The second-order valence-electron chi connectivity index (χ2n) is 4.49. The van der Waals surface area contributed by atoms with Crippen molar-refractivity contribution in [2.24, 2.45) is 0 Å². The third-order valence-electron chi connectivity index (χ3n) is 3.09. The van der Waals surface area contributed by atoms with Gasteiger partial charge in [-0.05, 0) is 35.0 Å². The fourth-order valence-corrected chi connectivity index (χ4v) is 2.76. The second kappa shape index (κ2) is 6.07. The Labute approximate surface area is 127 Å². The van der Waals surface area contributed by atoms with Crippen molar-refractivity contribution in [2.45, 2.75) is 19.4 Å². The van der Waals surface area contributed by atoms with Gasteiger partial charge in [0.25, 0.3) is 6.43 Å². The van der Waals surface area contributed by atoms with Crippen LogP contribution in [0.4, 0.5) is 8.78 Å². The van der Waals surface area contributed by atoms with Crippen molar-refractivity contribution in [3.8, 4) is 0 Å². The smallest absolute Gasteiger partial charge is 0.337 e. The molecule has 5 nitrogen and oxygen atoms in total. The summed E-state index contributed by atoms with van der Waals surface area (Å²) in [7, 11) is 1.23. The van der Waals surface area contributed by atoms with Crippen LogP contribution < -0.4 is 0 Å². The fourth-order valence-electron chi connectivity index (χ4n) is 2.12. The third-order valence-corrected chi connectivity index (χ3v) is 3.69. The molecule has 0 saturated heterocycles. The molecular weight excluding hydrogens is 350 g/mol. The molecule has 0 radical (unpaired) electrons. The molecule has 0 aliphatic carbocycles. The number of rotatable bonds is 4. The van der Waals surface area contributed by atoms with E-state index in [0.717, 1.165) is 0 Å². The van der Waals surface area contributed by atoms with Crippen molar-refractivity contribution in [2.75, 3.05) is 13.7 Å². The Morgan fingerprint density at radius 1 is 1.52 bits per heavy atom. The molecule has 2 aromatic rings. The minimum atomic E-state index is -2.79. The van der Waals surface area contributed by atoms with Crippen molar-refractivity contribution < 1.29 is 23.4 Å². The van der Waals surface area contributed by atoms with Crippen LogP contribution in [0.25, 0.3) is 11.0 Å². The van der Waals surface area contributed by atoms with E-state index in [-0.39, 0.29) is 17.7 Å². The first-order valence-corrected chi connectivity index (χ1v) is 6.88. The Morgan fingerprint density at radius 2 is 2.19 bits per heavy atom. The van der Waals surface area contributed by atoms with Gasteiger partial charge in [0.1, 0.15) is 0 Å². The Hall–Kier alpha value is -1.54. The average Bonchev–Trinajstić information content (AvgIpc) is 2.85. The summed E-state index contributed by atoms with van der Waals surface area (Å²) in [5, 5.41) is 9.26. The van der Waals surface area contributed by atoms with Crippen LogP contribution in [0, 0.1) is 0 Å². The number of carbonyl (C=O) groups is 1. The highest BCUT2D eigenvalue weighted by Gasteiger charge is 2.24. The van der Waals surface area contributed by atoms with Gasteiger partial charge in [0.2, 0.25) is 0 Å². The minimum absolute atomic E-state index is 0.207. The number of fused-ring (bicyclic) bond motifs is 1. The number of carbonyl (C=O) groups excluding carboxylic acids is 1. The number of esters is 1. The summed E-state index contributed by atoms with van der Waals surface area (Å²) >= 11 is 3.26. The minimum Gasteiger partial charge on any atom is -0.465 e. The van der Waals surface area contributed by atoms with E-state index in [2.05, 4.69) is 25.7 Å². The van der Waals surface area contributed by atoms with Crippen LogP contribution in [0.2, 0.25) is 0 Å². The summed E-state index contributed by atoms with van der Waals surface area (Å²) < 4.78 is 32.6. The summed E-state index contributed by atoms with van der Waals surface area (Å²) in [6, 6.07) is 2.30. The van der Waals surface area contributed by atoms with E-state index in [1.54, 1.807) is 6.92 Å². The number of aliphatic hydroxyl groups is 1. The molecule has 21 heavy (non-hydrogen) atoms. The highest BCUT2D eigenvalue weighted by Crippen LogP contribution is 2.33. The molecule has 0 fully saturated rings. The molecule has 0 aliphatic heterocycles. The van der Waals surface area contributed by atoms with Crippen LogP contribution in [-0.2, 0) is 4.74 Å². The number of methoxy groups -OCH3 is 1. The van der Waals surface area contributed by atoms with E-state index < -0.39 is 24.3 Å². The lowest BCUT2D eigenvalue weighted by atomic mass is 10.2. The Kier molecular flexibility index (Phi) is 4.58. The van der Waals surface area contributed by atoms with Gasteiger partial charge in [-0.1, -0.05) is 0 Å². The number of imidazole rings is 1. The number of hydrogen-bond acceptors (Lipinski definition) is 4. The number of nitrogens with zero attached hydrogens (tertiary/aromatic N) is 2.